The van der Waals surface area contributed by atoms with Crippen LogP contribution in [0.3, 0.4) is 0 Å². The highest BCUT2D eigenvalue weighted by atomic mass is 16.2. The molecule has 3 rings (SSSR count). The number of imidazole rings is 1. The van der Waals surface area contributed by atoms with E-state index in [1.807, 2.05) is 55.8 Å². The number of benzene rings is 1. The fourth-order valence-electron chi connectivity index (χ4n) is 3.53. The molecule has 1 aliphatic heterocycles. The third-order valence-electron chi connectivity index (χ3n) is 4.97. The maximum Gasteiger partial charge on any atom is 0.237 e. The number of nitrogens with zero attached hydrogens (tertiary/aromatic N) is 3. The van der Waals surface area contributed by atoms with Gasteiger partial charge in [0.15, 0.2) is 0 Å². The Bertz CT molecular complexity index is 814. The number of rotatable bonds is 6. The van der Waals surface area contributed by atoms with Crippen molar-refractivity contribution in [1.82, 2.24) is 25.1 Å². The van der Waals surface area contributed by atoms with Crippen LogP contribution in [-0.4, -0.2) is 51.4 Å². The van der Waals surface area contributed by atoms with Crippen LogP contribution in [0.5, 0.6) is 0 Å². The van der Waals surface area contributed by atoms with E-state index in [2.05, 4.69) is 20.5 Å². The van der Waals surface area contributed by atoms with Crippen molar-refractivity contribution < 1.29 is 9.59 Å². The fraction of sp³-hybridized carbons (Fsp3) is 0.450. The van der Waals surface area contributed by atoms with Gasteiger partial charge in [0.05, 0.1) is 18.2 Å². The standard InChI is InChI=1S/C20H27N5O2/c1-14(2)24-10-9-22-20(27)18(24)12-19(26)23-13-16-6-4-5-7-17(16)25-11-8-21-15(25)3/h4-8,11,14,18H,9-10,12-13H2,1-3H3,(H,22,27)(H,23,26)/t18-/m0/s1. The minimum Gasteiger partial charge on any atom is -0.353 e. The van der Waals surface area contributed by atoms with Crippen LogP contribution in [0.2, 0.25) is 0 Å². The number of para-hydroxylation sites is 1. The molecule has 0 bridgehead atoms. The number of hydrogen-bond donors (Lipinski definition) is 2. The van der Waals surface area contributed by atoms with Gasteiger partial charge in [-0.3, -0.25) is 14.5 Å². The van der Waals surface area contributed by atoms with Crippen molar-refractivity contribution in [2.75, 3.05) is 13.1 Å². The van der Waals surface area contributed by atoms with Gasteiger partial charge < -0.3 is 15.2 Å². The summed E-state index contributed by atoms with van der Waals surface area (Å²) in [5, 5.41) is 5.83. The summed E-state index contributed by atoms with van der Waals surface area (Å²) in [6.07, 6.45) is 3.83. The van der Waals surface area contributed by atoms with Crippen molar-refractivity contribution in [1.29, 1.82) is 0 Å². The van der Waals surface area contributed by atoms with Crippen LogP contribution in [0.1, 0.15) is 31.7 Å². The Morgan fingerprint density at radius 2 is 2.15 bits per heavy atom. The molecule has 7 nitrogen and oxygen atoms in total. The van der Waals surface area contributed by atoms with E-state index in [9.17, 15) is 9.59 Å². The number of nitrogens with one attached hydrogen (secondary N) is 2. The molecule has 0 spiro atoms. The summed E-state index contributed by atoms with van der Waals surface area (Å²) in [5.74, 6) is 0.694. The monoisotopic (exact) mass is 369 g/mol. The summed E-state index contributed by atoms with van der Waals surface area (Å²) in [6, 6.07) is 7.72. The van der Waals surface area contributed by atoms with Gasteiger partial charge in [0.25, 0.3) is 0 Å². The van der Waals surface area contributed by atoms with E-state index in [0.717, 1.165) is 23.6 Å². The smallest absolute Gasteiger partial charge is 0.237 e. The Hall–Kier alpha value is -2.67. The maximum atomic E-state index is 12.5. The van der Waals surface area contributed by atoms with Gasteiger partial charge in [0.2, 0.25) is 11.8 Å². The highest BCUT2D eigenvalue weighted by Gasteiger charge is 2.32. The predicted molar refractivity (Wildman–Crippen MR) is 103 cm³/mol. The summed E-state index contributed by atoms with van der Waals surface area (Å²) < 4.78 is 2.00. The normalized spacial score (nSPS) is 17.8. The summed E-state index contributed by atoms with van der Waals surface area (Å²) in [5.41, 5.74) is 1.99. The van der Waals surface area contributed by atoms with Crippen LogP contribution in [0.4, 0.5) is 0 Å². The molecule has 2 amide bonds. The van der Waals surface area contributed by atoms with Crippen molar-refractivity contribution in [3.8, 4) is 5.69 Å². The molecule has 144 valence electrons. The fourth-order valence-corrected chi connectivity index (χ4v) is 3.53. The molecule has 0 aliphatic carbocycles. The minimum atomic E-state index is -0.412. The van der Waals surface area contributed by atoms with E-state index in [0.29, 0.717) is 13.1 Å². The van der Waals surface area contributed by atoms with Gasteiger partial charge in [0.1, 0.15) is 5.82 Å². The lowest BCUT2D eigenvalue weighted by atomic mass is 10.1. The minimum absolute atomic E-state index is 0.0699. The Balaban J connectivity index is 1.66. The molecule has 1 atom stereocenters. The van der Waals surface area contributed by atoms with Crippen molar-refractivity contribution in [2.45, 2.75) is 45.8 Å². The molecule has 2 heterocycles. The molecule has 7 heteroatoms. The topological polar surface area (TPSA) is 79.3 Å². The third-order valence-corrected chi connectivity index (χ3v) is 4.97. The lowest BCUT2D eigenvalue weighted by molar-refractivity contribution is -0.134. The van der Waals surface area contributed by atoms with Crippen molar-refractivity contribution >= 4 is 11.8 Å². The first-order valence-electron chi connectivity index (χ1n) is 9.35. The largest absolute Gasteiger partial charge is 0.353 e. The quantitative estimate of drug-likeness (QED) is 0.807. The second-order valence-corrected chi connectivity index (χ2v) is 7.09. The zero-order valence-electron chi connectivity index (χ0n) is 16.1. The van der Waals surface area contributed by atoms with Gasteiger partial charge >= 0.3 is 0 Å². The van der Waals surface area contributed by atoms with E-state index in [4.69, 9.17) is 0 Å². The molecular weight excluding hydrogens is 342 g/mol. The average Bonchev–Trinajstić information content (AvgIpc) is 3.07. The second-order valence-electron chi connectivity index (χ2n) is 7.09. The van der Waals surface area contributed by atoms with E-state index in [1.54, 1.807) is 6.20 Å². The highest BCUT2D eigenvalue weighted by molar-refractivity contribution is 5.88. The van der Waals surface area contributed by atoms with E-state index >= 15 is 0 Å². The SMILES string of the molecule is Cc1nccn1-c1ccccc1CNC(=O)C[C@H]1C(=O)NCCN1C(C)C. The number of carbonyl (C=O) groups excluding carboxylic acids is 2. The summed E-state index contributed by atoms with van der Waals surface area (Å²) in [7, 11) is 0. The molecule has 1 aromatic heterocycles. The summed E-state index contributed by atoms with van der Waals surface area (Å²) >= 11 is 0. The number of carbonyl (C=O) groups is 2. The lowest BCUT2D eigenvalue weighted by Crippen LogP contribution is -2.58. The van der Waals surface area contributed by atoms with E-state index in [-0.39, 0.29) is 24.3 Å². The number of piperazine rings is 1. The molecule has 0 saturated carbocycles. The molecule has 27 heavy (non-hydrogen) atoms. The molecule has 1 aromatic carbocycles. The molecular formula is C20H27N5O2. The Labute approximate surface area is 159 Å². The maximum absolute atomic E-state index is 12.5. The van der Waals surface area contributed by atoms with Gasteiger partial charge in [-0.15, -0.1) is 0 Å². The van der Waals surface area contributed by atoms with Gasteiger partial charge in [-0.1, -0.05) is 18.2 Å². The Kier molecular flexibility index (Phi) is 5.91. The summed E-state index contributed by atoms with van der Waals surface area (Å²) in [6.45, 7) is 7.84. The van der Waals surface area contributed by atoms with Crippen molar-refractivity contribution in [3.63, 3.8) is 0 Å². The number of aromatic nitrogens is 2. The van der Waals surface area contributed by atoms with Crippen LogP contribution in [-0.2, 0) is 16.1 Å². The third kappa shape index (κ3) is 4.36. The van der Waals surface area contributed by atoms with Crippen LogP contribution in [0, 0.1) is 6.92 Å². The molecule has 1 aliphatic rings. The van der Waals surface area contributed by atoms with Gasteiger partial charge in [-0.05, 0) is 32.4 Å². The molecule has 2 aromatic rings. The number of hydrogen-bond acceptors (Lipinski definition) is 4. The zero-order valence-corrected chi connectivity index (χ0v) is 16.1. The Morgan fingerprint density at radius 1 is 1.37 bits per heavy atom. The van der Waals surface area contributed by atoms with Crippen LogP contribution in [0.15, 0.2) is 36.7 Å². The van der Waals surface area contributed by atoms with E-state index < -0.39 is 6.04 Å². The van der Waals surface area contributed by atoms with Gasteiger partial charge in [-0.25, -0.2) is 4.98 Å². The van der Waals surface area contributed by atoms with Crippen molar-refractivity contribution in [3.05, 3.63) is 48.0 Å². The predicted octanol–water partition coefficient (Wildman–Crippen LogP) is 1.40. The molecule has 0 radical (unpaired) electrons. The van der Waals surface area contributed by atoms with Crippen LogP contribution < -0.4 is 10.6 Å². The first kappa shape index (κ1) is 19.1. The first-order valence-corrected chi connectivity index (χ1v) is 9.35. The molecule has 2 N–H and O–H groups in total. The number of aryl methyl sites for hydroxylation is 1. The highest BCUT2D eigenvalue weighted by Crippen LogP contribution is 2.17. The summed E-state index contributed by atoms with van der Waals surface area (Å²) in [4.78, 5) is 31.1. The molecule has 1 saturated heterocycles. The van der Waals surface area contributed by atoms with Gasteiger partial charge in [-0.2, -0.15) is 0 Å². The van der Waals surface area contributed by atoms with Crippen LogP contribution in [0.25, 0.3) is 5.69 Å². The number of amides is 2. The Morgan fingerprint density at radius 3 is 2.85 bits per heavy atom. The first-order chi connectivity index (χ1) is 13.0. The second kappa shape index (κ2) is 8.35. The van der Waals surface area contributed by atoms with Crippen LogP contribution >= 0.6 is 0 Å². The lowest BCUT2D eigenvalue weighted by Gasteiger charge is -2.37. The average molecular weight is 369 g/mol. The molecule has 1 fully saturated rings. The van der Waals surface area contributed by atoms with Crippen molar-refractivity contribution in [2.24, 2.45) is 0 Å². The molecule has 0 unspecified atom stereocenters. The van der Waals surface area contributed by atoms with Gasteiger partial charge in [0, 0.05) is 38.1 Å². The zero-order chi connectivity index (χ0) is 19.4. The van der Waals surface area contributed by atoms with E-state index in [1.165, 1.54) is 0 Å².